The van der Waals surface area contributed by atoms with Crippen molar-refractivity contribution < 1.29 is 21.9 Å². The van der Waals surface area contributed by atoms with Gasteiger partial charge in [-0.3, -0.25) is 0 Å². The molecule has 0 aliphatic carbocycles. The summed E-state index contributed by atoms with van der Waals surface area (Å²) in [6, 6.07) is 2.28. The average molecular weight is 488 g/mol. The van der Waals surface area contributed by atoms with Gasteiger partial charge < -0.3 is 21.1 Å². The standard InChI is InChI=1S/C16H25N9O5S2/c17-16(9-26)4-6-25(8-16)11-1-2-12(32(29,30)22-10-3-5-19-7-10)14(31(18,27)28)13(11)15-20-23-24-21-15/h1-2,10,19,22,26H,3-9,17H2,(H2,18,27,28)(H,20,21,23,24)/t10-,16?/m1/s1. The number of tetrazole rings is 1. The molecule has 0 amide bonds. The number of anilines is 1. The highest BCUT2D eigenvalue weighted by Gasteiger charge is 2.38. The number of hydrogen-bond donors (Lipinski definition) is 6. The Morgan fingerprint density at radius 3 is 2.66 bits per heavy atom. The van der Waals surface area contributed by atoms with Crippen molar-refractivity contribution in [3.63, 3.8) is 0 Å². The van der Waals surface area contributed by atoms with Gasteiger partial charge in [0.1, 0.15) is 9.79 Å². The summed E-state index contributed by atoms with van der Waals surface area (Å²) in [7, 11) is -8.80. The average Bonchev–Trinajstić information content (AvgIpc) is 3.48. The van der Waals surface area contributed by atoms with Crippen LogP contribution in [0, 0.1) is 0 Å². The summed E-state index contributed by atoms with van der Waals surface area (Å²) in [5.74, 6) is -0.0675. The number of primary sulfonamides is 1. The molecule has 14 nitrogen and oxygen atoms in total. The summed E-state index contributed by atoms with van der Waals surface area (Å²) in [5.41, 5.74) is 5.54. The smallest absolute Gasteiger partial charge is 0.242 e. The molecule has 0 bridgehead atoms. The molecule has 3 heterocycles. The zero-order valence-electron chi connectivity index (χ0n) is 17.0. The number of aliphatic hydroxyl groups excluding tert-OH is 1. The van der Waals surface area contributed by atoms with Crippen molar-refractivity contribution in [2.45, 2.75) is 34.2 Å². The van der Waals surface area contributed by atoms with Crippen LogP contribution >= 0.6 is 0 Å². The van der Waals surface area contributed by atoms with Gasteiger partial charge in [-0.25, -0.2) is 31.8 Å². The van der Waals surface area contributed by atoms with Gasteiger partial charge in [0.25, 0.3) is 0 Å². The van der Waals surface area contributed by atoms with Crippen LogP contribution in [0.1, 0.15) is 12.8 Å². The number of benzene rings is 1. The maximum Gasteiger partial charge on any atom is 0.242 e. The highest BCUT2D eigenvalue weighted by atomic mass is 32.2. The van der Waals surface area contributed by atoms with Gasteiger partial charge in [0.15, 0.2) is 5.82 Å². The van der Waals surface area contributed by atoms with E-state index in [1.807, 2.05) is 0 Å². The first-order valence-corrected chi connectivity index (χ1v) is 12.9. The zero-order valence-corrected chi connectivity index (χ0v) is 18.7. The fourth-order valence-electron chi connectivity index (χ4n) is 4.07. The molecule has 0 saturated carbocycles. The first-order chi connectivity index (χ1) is 15.0. The molecule has 16 heteroatoms. The SMILES string of the molecule is NC1(CO)CCN(c2ccc(S(=O)(=O)N[C@@H]3CCNC3)c(S(N)(=O)=O)c2-c2nnn[nH]2)C1. The molecule has 176 valence electrons. The number of hydrogen-bond acceptors (Lipinski definition) is 11. The van der Waals surface area contributed by atoms with Crippen LogP contribution in [0.5, 0.6) is 0 Å². The molecular weight excluding hydrogens is 462 g/mol. The van der Waals surface area contributed by atoms with E-state index >= 15 is 0 Å². The Morgan fingerprint density at radius 2 is 2.09 bits per heavy atom. The number of nitrogens with zero attached hydrogens (tertiary/aromatic N) is 4. The maximum absolute atomic E-state index is 13.2. The first-order valence-electron chi connectivity index (χ1n) is 9.86. The van der Waals surface area contributed by atoms with Gasteiger partial charge >= 0.3 is 0 Å². The maximum atomic E-state index is 13.2. The monoisotopic (exact) mass is 487 g/mol. The van der Waals surface area contributed by atoms with Crippen LogP contribution in [0.4, 0.5) is 5.69 Å². The van der Waals surface area contributed by atoms with E-state index < -0.39 is 35.4 Å². The molecule has 8 N–H and O–H groups in total. The highest BCUT2D eigenvalue weighted by Crippen LogP contribution is 2.40. The van der Waals surface area contributed by atoms with Gasteiger partial charge in [-0.1, -0.05) is 0 Å². The third-order valence-corrected chi connectivity index (χ3v) is 8.36. The van der Waals surface area contributed by atoms with E-state index in [4.69, 9.17) is 10.9 Å². The van der Waals surface area contributed by atoms with Crippen molar-refractivity contribution in [1.82, 2.24) is 30.7 Å². The van der Waals surface area contributed by atoms with Gasteiger partial charge in [0.05, 0.1) is 17.7 Å². The molecule has 1 aromatic carbocycles. The molecule has 4 rings (SSSR count). The number of aromatic nitrogens is 4. The lowest BCUT2D eigenvalue weighted by Gasteiger charge is -2.26. The molecule has 2 fully saturated rings. The molecule has 1 aromatic heterocycles. The second kappa shape index (κ2) is 8.29. The molecule has 2 aliphatic rings. The Balaban J connectivity index is 1.91. The van der Waals surface area contributed by atoms with Crippen LogP contribution in [0.25, 0.3) is 11.4 Å². The summed E-state index contributed by atoms with van der Waals surface area (Å²) < 4.78 is 54.3. The largest absolute Gasteiger partial charge is 0.394 e. The van der Waals surface area contributed by atoms with Crippen molar-refractivity contribution in [2.24, 2.45) is 10.9 Å². The Hall–Kier alpha value is -2.21. The summed E-state index contributed by atoms with van der Waals surface area (Å²) in [5, 5.41) is 31.5. The van der Waals surface area contributed by atoms with Gasteiger partial charge in [-0.05, 0) is 41.9 Å². The minimum Gasteiger partial charge on any atom is -0.394 e. The molecule has 2 atom stereocenters. The molecular formula is C16H25N9O5S2. The van der Waals surface area contributed by atoms with Crippen LogP contribution in [-0.4, -0.2) is 86.9 Å². The van der Waals surface area contributed by atoms with Crippen LogP contribution in [0.2, 0.25) is 0 Å². The van der Waals surface area contributed by atoms with Crippen molar-refractivity contribution >= 4 is 25.7 Å². The van der Waals surface area contributed by atoms with Crippen LogP contribution in [0.3, 0.4) is 0 Å². The van der Waals surface area contributed by atoms with Crippen LogP contribution in [-0.2, 0) is 20.0 Å². The van der Waals surface area contributed by atoms with Gasteiger partial charge in [0, 0.05) is 31.4 Å². The van der Waals surface area contributed by atoms with Crippen LogP contribution in [0.15, 0.2) is 21.9 Å². The number of sulfonamides is 2. The molecule has 0 radical (unpaired) electrons. The van der Waals surface area contributed by atoms with Gasteiger partial charge in [-0.2, -0.15) is 0 Å². The second-order valence-electron chi connectivity index (χ2n) is 8.08. The molecule has 2 aliphatic heterocycles. The lowest BCUT2D eigenvalue weighted by molar-refractivity contribution is 0.210. The summed E-state index contributed by atoms with van der Waals surface area (Å²) in [6.07, 6.45) is 1.01. The number of nitrogens with two attached hydrogens (primary N) is 2. The van der Waals surface area contributed by atoms with Crippen molar-refractivity contribution in [3.8, 4) is 11.4 Å². The fraction of sp³-hybridized carbons (Fsp3) is 0.562. The lowest BCUT2D eigenvalue weighted by atomic mass is 10.0. The topological polar surface area (TPSA) is 222 Å². The number of H-pyrrole nitrogens is 1. The Morgan fingerprint density at radius 1 is 1.31 bits per heavy atom. The third-order valence-electron chi connectivity index (χ3n) is 5.68. The summed E-state index contributed by atoms with van der Waals surface area (Å²) >= 11 is 0. The summed E-state index contributed by atoms with van der Waals surface area (Å²) in [4.78, 5) is 0.626. The lowest BCUT2D eigenvalue weighted by Crippen LogP contribution is -2.46. The molecule has 0 spiro atoms. The normalized spacial score (nSPS) is 24.3. The van der Waals surface area contributed by atoms with E-state index in [1.54, 1.807) is 4.90 Å². The Bertz CT molecular complexity index is 1200. The number of nitrogens with one attached hydrogen (secondary N) is 3. The van der Waals surface area contributed by atoms with E-state index in [9.17, 15) is 21.9 Å². The van der Waals surface area contributed by atoms with Crippen molar-refractivity contribution in [3.05, 3.63) is 12.1 Å². The Labute approximate surface area is 184 Å². The van der Waals surface area contributed by atoms with Gasteiger partial charge in [-0.15, -0.1) is 5.10 Å². The molecule has 2 saturated heterocycles. The van der Waals surface area contributed by atoms with Gasteiger partial charge in [0.2, 0.25) is 20.0 Å². The molecule has 1 unspecified atom stereocenters. The van der Waals surface area contributed by atoms with Crippen LogP contribution < -0.4 is 25.8 Å². The quantitative estimate of drug-likeness (QED) is 0.232. The van der Waals surface area contributed by atoms with E-state index in [1.165, 1.54) is 12.1 Å². The summed E-state index contributed by atoms with van der Waals surface area (Å²) in [6.45, 7) is 1.41. The minimum absolute atomic E-state index is 0.0675. The number of aromatic amines is 1. The molecule has 2 aromatic rings. The van der Waals surface area contributed by atoms with E-state index in [2.05, 4.69) is 30.7 Å². The number of rotatable bonds is 7. The third kappa shape index (κ3) is 4.34. The van der Waals surface area contributed by atoms with E-state index in [-0.39, 0.29) is 30.6 Å². The molecule has 32 heavy (non-hydrogen) atoms. The van der Waals surface area contributed by atoms with Crippen molar-refractivity contribution in [1.29, 1.82) is 0 Å². The van der Waals surface area contributed by atoms with Crippen molar-refractivity contribution in [2.75, 3.05) is 37.7 Å². The first kappa shape index (κ1) is 23.0. The Kier molecular flexibility index (Phi) is 5.95. The minimum atomic E-state index is -4.55. The second-order valence-corrected chi connectivity index (χ2v) is 11.3. The zero-order chi connectivity index (χ0) is 23.1. The highest BCUT2D eigenvalue weighted by molar-refractivity contribution is 7.92. The fourth-order valence-corrected chi connectivity index (χ4v) is 6.95. The predicted molar refractivity (Wildman–Crippen MR) is 113 cm³/mol. The predicted octanol–water partition coefficient (Wildman–Crippen LogP) is -2.95. The number of aliphatic hydroxyl groups is 1. The van der Waals surface area contributed by atoms with E-state index in [0.717, 1.165) is 0 Å². The van der Waals surface area contributed by atoms with E-state index in [0.29, 0.717) is 38.2 Å².